The number of nitrogens with zero attached hydrogens (tertiary/aromatic N) is 7. The summed E-state index contributed by atoms with van der Waals surface area (Å²) in [4.78, 5) is 20.2. The summed E-state index contributed by atoms with van der Waals surface area (Å²) in [5.74, 6) is 8.46. The van der Waals surface area contributed by atoms with E-state index in [9.17, 15) is 0 Å². The standard InChI is InChI=1S/C30H29N7O3/c1-20(2)40-30-10-11-31-29(35-30)7-6-12-37(23-13-24(38-4)16-25(14-23)39-5)22-8-9-26-27(15-22)34-28(18-32-26)21-17-33-36(3)19-21/h8-11,13-20H,12H2,1-5H3. The third-order valence-electron chi connectivity index (χ3n) is 5.91. The van der Waals surface area contributed by atoms with Crippen LogP contribution in [0.3, 0.4) is 0 Å². The van der Waals surface area contributed by atoms with Crippen molar-refractivity contribution < 1.29 is 14.2 Å². The monoisotopic (exact) mass is 535 g/mol. The second kappa shape index (κ2) is 11.7. The van der Waals surface area contributed by atoms with Crippen LogP contribution in [0.5, 0.6) is 17.4 Å². The van der Waals surface area contributed by atoms with Crippen LogP contribution in [0.25, 0.3) is 22.3 Å². The molecule has 0 saturated heterocycles. The molecule has 0 aliphatic rings. The predicted octanol–water partition coefficient (Wildman–Crippen LogP) is 4.81. The summed E-state index contributed by atoms with van der Waals surface area (Å²) >= 11 is 0. The molecule has 0 unspecified atom stereocenters. The molecule has 10 nitrogen and oxygen atoms in total. The number of fused-ring (bicyclic) bond motifs is 1. The summed E-state index contributed by atoms with van der Waals surface area (Å²) in [6.07, 6.45) is 7.08. The maximum Gasteiger partial charge on any atom is 0.217 e. The fourth-order valence-corrected chi connectivity index (χ4v) is 4.05. The topological polar surface area (TPSA) is 100 Å². The van der Waals surface area contributed by atoms with Crippen LogP contribution in [-0.4, -0.2) is 56.6 Å². The van der Waals surface area contributed by atoms with Gasteiger partial charge in [0.2, 0.25) is 11.7 Å². The number of aromatic nitrogens is 6. The van der Waals surface area contributed by atoms with E-state index in [0.29, 0.717) is 29.7 Å². The minimum absolute atomic E-state index is 0.00362. The Balaban J connectivity index is 1.54. The van der Waals surface area contributed by atoms with Crippen molar-refractivity contribution in [2.45, 2.75) is 20.0 Å². The molecule has 40 heavy (non-hydrogen) atoms. The van der Waals surface area contributed by atoms with Gasteiger partial charge in [-0.25, -0.2) is 9.97 Å². The molecule has 0 spiro atoms. The van der Waals surface area contributed by atoms with Gasteiger partial charge in [0, 0.05) is 60.6 Å². The van der Waals surface area contributed by atoms with Gasteiger partial charge in [-0.05, 0) is 38.0 Å². The van der Waals surface area contributed by atoms with E-state index in [4.69, 9.17) is 19.2 Å². The van der Waals surface area contributed by atoms with Crippen LogP contribution in [-0.2, 0) is 7.05 Å². The number of hydrogen-bond donors (Lipinski definition) is 0. The van der Waals surface area contributed by atoms with Crippen LogP contribution in [0.15, 0.2) is 67.3 Å². The van der Waals surface area contributed by atoms with E-state index in [1.54, 1.807) is 43.6 Å². The largest absolute Gasteiger partial charge is 0.497 e. The molecule has 0 aliphatic carbocycles. The summed E-state index contributed by atoms with van der Waals surface area (Å²) in [7, 11) is 5.12. The van der Waals surface area contributed by atoms with Crippen LogP contribution in [0.4, 0.5) is 11.4 Å². The molecule has 3 heterocycles. The summed E-state index contributed by atoms with van der Waals surface area (Å²) in [5.41, 5.74) is 4.86. The fourth-order valence-electron chi connectivity index (χ4n) is 4.05. The molecule has 0 N–H and O–H groups in total. The Hall–Kier alpha value is -5.17. The third-order valence-corrected chi connectivity index (χ3v) is 5.91. The highest BCUT2D eigenvalue weighted by Gasteiger charge is 2.14. The molecule has 0 bridgehead atoms. The minimum atomic E-state index is 0.00362. The van der Waals surface area contributed by atoms with Crippen molar-refractivity contribution in [2.24, 2.45) is 7.05 Å². The van der Waals surface area contributed by atoms with E-state index < -0.39 is 0 Å². The summed E-state index contributed by atoms with van der Waals surface area (Å²) in [5, 5.41) is 4.25. The molecule has 2 aromatic carbocycles. The van der Waals surface area contributed by atoms with Crippen molar-refractivity contribution in [1.82, 2.24) is 29.7 Å². The van der Waals surface area contributed by atoms with Crippen molar-refractivity contribution in [3.63, 3.8) is 0 Å². The first-order chi connectivity index (χ1) is 19.4. The molecule has 3 aromatic heterocycles. The molecule has 0 amide bonds. The predicted molar refractivity (Wildman–Crippen MR) is 153 cm³/mol. The number of rotatable bonds is 8. The van der Waals surface area contributed by atoms with Crippen LogP contribution in [0, 0.1) is 11.8 Å². The molecule has 202 valence electrons. The lowest BCUT2D eigenvalue weighted by Gasteiger charge is -2.24. The Morgan fingerprint density at radius 2 is 1.70 bits per heavy atom. The van der Waals surface area contributed by atoms with Crippen molar-refractivity contribution in [1.29, 1.82) is 0 Å². The van der Waals surface area contributed by atoms with Gasteiger partial charge in [0.05, 0.1) is 56.0 Å². The van der Waals surface area contributed by atoms with Gasteiger partial charge in [-0.15, -0.1) is 0 Å². The minimum Gasteiger partial charge on any atom is -0.497 e. The molecule has 0 fully saturated rings. The SMILES string of the molecule is COc1cc(OC)cc(N(CC#Cc2nccc(OC(C)C)n2)c2ccc3ncc(-c4cnn(C)c4)nc3c2)c1. The normalized spacial score (nSPS) is 10.8. The molecular formula is C30H29N7O3. The highest BCUT2D eigenvalue weighted by molar-refractivity contribution is 5.83. The van der Waals surface area contributed by atoms with Crippen molar-refractivity contribution >= 4 is 22.4 Å². The smallest absolute Gasteiger partial charge is 0.217 e. The number of benzene rings is 2. The third kappa shape index (κ3) is 6.10. The zero-order valence-electron chi connectivity index (χ0n) is 23.0. The number of aryl methyl sites for hydroxylation is 1. The molecule has 0 radical (unpaired) electrons. The van der Waals surface area contributed by atoms with Crippen LogP contribution in [0.2, 0.25) is 0 Å². The molecule has 5 aromatic rings. The van der Waals surface area contributed by atoms with Crippen LogP contribution in [0.1, 0.15) is 19.7 Å². The Labute approximate surface area is 232 Å². The summed E-state index contributed by atoms with van der Waals surface area (Å²) in [6, 6.07) is 13.3. The van der Waals surface area contributed by atoms with E-state index in [2.05, 4.69) is 31.9 Å². The van der Waals surface area contributed by atoms with Gasteiger partial charge in [0.15, 0.2) is 0 Å². The summed E-state index contributed by atoms with van der Waals surface area (Å²) < 4.78 is 18.5. The van der Waals surface area contributed by atoms with E-state index in [1.807, 2.05) is 68.4 Å². The average Bonchev–Trinajstić information content (AvgIpc) is 3.40. The van der Waals surface area contributed by atoms with E-state index in [0.717, 1.165) is 33.7 Å². The highest BCUT2D eigenvalue weighted by Crippen LogP contribution is 2.34. The number of methoxy groups -OCH3 is 2. The number of anilines is 2. The first kappa shape index (κ1) is 26.4. The van der Waals surface area contributed by atoms with Gasteiger partial charge >= 0.3 is 0 Å². The second-order valence-electron chi connectivity index (χ2n) is 9.17. The van der Waals surface area contributed by atoms with Gasteiger partial charge < -0.3 is 19.1 Å². The van der Waals surface area contributed by atoms with Gasteiger partial charge in [-0.2, -0.15) is 10.1 Å². The van der Waals surface area contributed by atoms with Crippen LogP contribution < -0.4 is 19.1 Å². The van der Waals surface area contributed by atoms with Crippen molar-refractivity contribution in [3.05, 3.63) is 73.1 Å². The van der Waals surface area contributed by atoms with Gasteiger partial charge in [-0.3, -0.25) is 9.67 Å². The Morgan fingerprint density at radius 1 is 0.900 bits per heavy atom. The highest BCUT2D eigenvalue weighted by atomic mass is 16.5. The zero-order valence-corrected chi connectivity index (χ0v) is 23.0. The number of ether oxygens (including phenoxy) is 3. The molecule has 10 heteroatoms. The van der Waals surface area contributed by atoms with Gasteiger partial charge in [0.25, 0.3) is 0 Å². The maximum atomic E-state index is 5.68. The molecule has 0 saturated carbocycles. The lowest BCUT2D eigenvalue weighted by atomic mass is 10.2. The van der Waals surface area contributed by atoms with Crippen molar-refractivity contribution in [3.8, 4) is 40.5 Å². The Morgan fingerprint density at radius 3 is 2.40 bits per heavy atom. The molecule has 0 aliphatic heterocycles. The van der Waals surface area contributed by atoms with Gasteiger partial charge in [0.1, 0.15) is 11.5 Å². The molecular weight excluding hydrogens is 506 g/mol. The van der Waals surface area contributed by atoms with E-state index in [1.165, 1.54) is 0 Å². The summed E-state index contributed by atoms with van der Waals surface area (Å²) in [6.45, 7) is 4.22. The zero-order chi connectivity index (χ0) is 28.1. The lowest BCUT2D eigenvalue weighted by Crippen LogP contribution is -2.17. The maximum absolute atomic E-state index is 5.68. The quantitative estimate of drug-likeness (QED) is 0.259. The van der Waals surface area contributed by atoms with Gasteiger partial charge in [-0.1, -0.05) is 5.92 Å². The number of hydrogen-bond acceptors (Lipinski definition) is 9. The van der Waals surface area contributed by atoms with E-state index in [-0.39, 0.29) is 6.10 Å². The lowest BCUT2D eigenvalue weighted by molar-refractivity contribution is 0.232. The Kier molecular flexibility index (Phi) is 7.73. The average molecular weight is 536 g/mol. The van der Waals surface area contributed by atoms with Crippen LogP contribution >= 0.6 is 0 Å². The van der Waals surface area contributed by atoms with Crippen molar-refractivity contribution in [2.75, 3.05) is 25.7 Å². The molecule has 5 rings (SSSR count). The fraction of sp³-hybridized carbons (Fsp3) is 0.233. The first-order valence-corrected chi connectivity index (χ1v) is 12.7. The first-order valence-electron chi connectivity index (χ1n) is 12.7. The second-order valence-corrected chi connectivity index (χ2v) is 9.17. The van der Waals surface area contributed by atoms with E-state index >= 15 is 0 Å². The Bertz CT molecular complexity index is 1680. The molecule has 0 atom stereocenters.